The molecule has 2 aromatic carbocycles. The monoisotopic (exact) mass is 435 g/mol. The molecule has 32 heavy (non-hydrogen) atoms. The molecule has 1 N–H and O–H groups in total. The zero-order valence-electron chi connectivity index (χ0n) is 18.6. The molecule has 0 fully saturated rings. The maximum Gasteiger partial charge on any atom is 0.261 e. The minimum absolute atomic E-state index is 0.146. The first kappa shape index (κ1) is 21.9. The van der Waals surface area contributed by atoms with Crippen molar-refractivity contribution in [2.75, 3.05) is 6.61 Å². The maximum atomic E-state index is 12.7. The molecule has 3 aromatic rings. The van der Waals surface area contributed by atoms with E-state index in [1.54, 1.807) is 0 Å². The summed E-state index contributed by atoms with van der Waals surface area (Å²) in [5, 5.41) is 6.85. The molecule has 168 valence electrons. The Labute approximate surface area is 188 Å². The van der Waals surface area contributed by atoms with E-state index in [0.29, 0.717) is 24.7 Å². The first-order chi connectivity index (χ1) is 15.7. The number of aryl methyl sites for hydroxylation is 2. The van der Waals surface area contributed by atoms with E-state index in [1.807, 2.05) is 44.2 Å². The highest BCUT2D eigenvalue weighted by Crippen LogP contribution is 2.26. The Morgan fingerprint density at radius 3 is 2.56 bits per heavy atom. The largest absolute Gasteiger partial charge is 0.494 e. The van der Waals surface area contributed by atoms with Gasteiger partial charge in [0.15, 0.2) is 6.10 Å². The van der Waals surface area contributed by atoms with Crippen LogP contribution < -0.4 is 14.8 Å². The van der Waals surface area contributed by atoms with Gasteiger partial charge in [-0.05, 0) is 86.6 Å². The lowest BCUT2D eigenvalue weighted by atomic mass is 9.92. The van der Waals surface area contributed by atoms with Gasteiger partial charge in [-0.25, -0.2) is 0 Å². The van der Waals surface area contributed by atoms with Gasteiger partial charge >= 0.3 is 0 Å². The van der Waals surface area contributed by atoms with Crippen LogP contribution in [0.3, 0.4) is 0 Å². The molecule has 1 amide bonds. The van der Waals surface area contributed by atoms with Gasteiger partial charge in [0.2, 0.25) is 11.7 Å². The first-order valence-electron chi connectivity index (χ1n) is 11.3. The van der Waals surface area contributed by atoms with Crippen molar-refractivity contribution in [2.24, 2.45) is 0 Å². The zero-order valence-corrected chi connectivity index (χ0v) is 18.6. The molecule has 0 bridgehead atoms. The van der Waals surface area contributed by atoms with Crippen molar-refractivity contribution in [2.45, 2.75) is 58.6 Å². The molecular formula is C25H29N3O4. The average Bonchev–Trinajstić information content (AvgIpc) is 3.30. The third-order valence-electron chi connectivity index (χ3n) is 5.57. The SMILES string of the molecule is CCOc1ccc(-c2noc(CNC(=O)[C@H](CC)Oc3ccc4c(c3)CCCC4)n2)cc1. The number of benzene rings is 2. The second-order valence-corrected chi connectivity index (χ2v) is 7.84. The van der Waals surface area contributed by atoms with Crippen molar-refractivity contribution in [1.82, 2.24) is 15.5 Å². The third-order valence-corrected chi connectivity index (χ3v) is 5.57. The fraction of sp³-hybridized carbons (Fsp3) is 0.400. The Morgan fingerprint density at radius 2 is 1.81 bits per heavy atom. The Balaban J connectivity index is 1.33. The number of nitrogens with zero attached hydrogens (tertiary/aromatic N) is 2. The van der Waals surface area contributed by atoms with E-state index in [4.69, 9.17) is 14.0 Å². The number of rotatable bonds is 9. The standard InChI is InChI=1S/C25H29N3O4/c1-3-22(31-21-14-9-17-7-5-6-8-19(17)15-21)25(29)26-16-23-27-24(28-32-23)18-10-12-20(13-11-18)30-4-2/h9-15,22H,3-8,16H2,1-2H3,(H,26,29)/t22-/m0/s1. The van der Waals surface area contributed by atoms with Gasteiger partial charge in [-0.2, -0.15) is 4.98 Å². The Bertz CT molecular complexity index is 1050. The van der Waals surface area contributed by atoms with Crippen LogP contribution in [0.25, 0.3) is 11.4 Å². The zero-order chi connectivity index (χ0) is 22.3. The summed E-state index contributed by atoms with van der Waals surface area (Å²) in [6.45, 7) is 4.63. The number of nitrogens with one attached hydrogen (secondary N) is 1. The Hall–Kier alpha value is -3.35. The van der Waals surface area contributed by atoms with Crippen LogP contribution in [0.15, 0.2) is 47.0 Å². The lowest BCUT2D eigenvalue weighted by molar-refractivity contribution is -0.128. The molecule has 0 aliphatic heterocycles. The van der Waals surface area contributed by atoms with Crippen molar-refractivity contribution >= 4 is 5.91 Å². The fourth-order valence-corrected chi connectivity index (χ4v) is 3.86. The van der Waals surface area contributed by atoms with E-state index in [1.165, 1.54) is 24.0 Å². The highest BCUT2D eigenvalue weighted by molar-refractivity contribution is 5.81. The van der Waals surface area contributed by atoms with E-state index in [2.05, 4.69) is 27.6 Å². The van der Waals surface area contributed by atoms with Crippen molar-refractivity contribution in [3.63, 3.8) is 0 Å². The number of carbonyl (C=O) groups is 1. The van der Waals surface area contributed by atoms with Crippen LogP contribution in [0, 0.1) is 0 Å². The molecule has 7 nitrogen and oxygen atoms in total. The van der Waals surface area contributed by atoms with Crippen LogP contribution in [0.2, 0.25) is 0 Å². The molecule has 1 aliphatic rings. The highest BCUT2D eigenvalue weighted by Gasteiger charge is 2.20. The molecule has 0 unspecified atom stereocenters. The molecule has 1 aromatic heterocycles. The summed E-state index contributed by atoms with van der Waals surface area (Å²) in [6.07, 6.45) is 4.62. The van der Waals surface area contributed by atoms with Crippen molar-refractivity contribution in [1.29, 1.82) is 0 Å². The molecule has 0 saturated carbocycles. The summed E-state index contributed by atoms with van der Waals surface area (Å²) in [4.78, 5) is 17.0. The highest BCUT2D eigenvalue weighted by atomic mass is 16.5. The molecule has 0 spiro atoms. The summed E-state index contributed by atoms with van der Waals surface area (Å²) in [5.74, 6) is 2.13. The van der Waals surface area contributed by atoms with Crippen LogP contribution in [0.5, 0.6) is 11.5 Å². The predicted octanol–water partition coefficient (Wildman–Crippen LogP) is 4.49. The number of ether oxygens (including phenoxy) is 2. The average molecular weight is 436 g/mol. The fourth-order valence-electron chi connectivity index (χ4n) is 3.86. The summed E-state index contributed by atoms with van der Waals surface area (Å²) in [7, 11) is 0. The number of amides is 1. The minimum atomic E-state index is -0.579. The normalized spacial score (nSPS) is 13.8. The summed E-state index contributed by atoms with van der Waals surface area (Å²) >= 11 is 0. The van der Waals surface area contributed by atoms with Crippen LogP contribution in [0.4, 0.5) is 0 Å². The summed E-state index contributed by atoms with van der Waals surface area (Å²) in [6, 6.07) is 13.6. The summed E-state index contributed by atoms with van der Waals surface area (Å²) in [5.41, 5.74) is 3.54. The molecule has 7 heteroatoms. The number of hydrogen-bond donors (Lipinski definition) is 1. The minimum Gasteiger partial charge on any atom is -0.494 e. The van der Waals surface area contributed by atoms with E-state index in [-0.39, 0.29) is 12.5 Å². The lowest BCUT2D eigenvalue weighted by Crippen LogP contribution is -2.37. The van der Waals surface area contributed by atoms with E-state index in [9.17, 15) is 4.79 Å². The molecule has 1 aliphatic carbocycles. The molecule has 1 heterocycles. The number of hydrogen-bond acceptors (Lipinski definition) is 6. The molecule has 1 atom stereocenters. The van der Waals surface area contributed by atoms with Gasteiger partial charge in [0, 0.05) is 5.56 Å². The van der Waals surface area contributed by atoms with Crippen LogP contribution >= 0.6 is 0 Å². The van der Waals surface area contributed by atoms with Crippen molar-refractivity contribution in [3.05, 3.63) is 59.5 Å². The number of carbonyl (C=O) groups excluding carboxylic acids is 1. The Morgan fingerprint density at radius 1 is 1.06 bits per heavy atom. The van der Waals surface area contributed by atoms with Crippen molar-refractivity contribution < 1.29 is 18.8 Å². The Kier molecular flexibility index (Phi) is 7.04. The quantitative estimate of drug-likeness (QED) is 0.533. The van der Waals surface area contributed by atoms with Gasteiger partial charge in [-0.1, -0.05) is 18.1 Å². The molecular weight excluding hydrogens is 406 g/mol. The van der Waals surface area contributed by atoms with E-state index < -0.39 is 6.10 Å². The molecule has 4 rings (SSSR count). The number of aromatic nitrogens is 2. The topological polar surface area (TPSA) is 86.5 Å². The van der Waals surface area contributed by atoms with Crippen LogP contribution in [-0.4, -0.2) is 28.8 Å². The van der Waals surface area contributed by atoms with Gasteiger partial charge in [-0.3, -0.25) is 4.79 Å². The van der Waals surface area contributed by atoms with Gasteiger partial charge < -0.3 is 19.3 Å². The third kappa shape index (κ3) is 5.28. The van der Waals surface area contributed by atoms with E-state index >= 15 is 0 Å². The molecule has 0 saturated heterocycles. The smallest absolute Gasteiger partial charge is 0.261 e. The van der Waals surface area contributed by atoms with Gasteiger partial charge in [0.1, 0.15) is 11.5 Å². The van der Waals surface area contributed by atoms with Gasteiger partial charge in [0.05, 0.1) is 13.2 Å². The predicted molar refractivity (Wildman–Crippen MR) is 121 cm³/mol. The van der Waals surface area contributed by atoms with Gasteiger partial charge in [-0.15, -0.1) is 0 Å². The van der Waals surface area contributed by atoms with Gasteiger partial charge in [0.25, 0.3) is 5.91 Å². The van der Waals surface area contributed by atoms with E-state index in [0.717, 1.165) is 29.9 Å². The van der Waals surface area contributed by atoms with Crippen LogP contribution in [0.1, 0.15) is 50.1 Å². The molecule has 0 radical (unpaired) electrons. The maximum absolute atomic E-state index is 12.7. The second-order valence-electron chi connectivity index (χ2n) is 7.84. The van der Waals surface area contributed by atoms with Crippen LogP contribution in [-0.2, 0) is 24.2 Å². The second kappa shape index (κ2) is 10.3. The van der Waals surface area contributed by atoms with Crippen molar-refractivity contribution in [3.8, 4) is 22.9 Å². The summed E-state index contributed by atoms with van der Waals surface area (Å²) < 4.78 is 16.7. The number of fused-ring (bicyclic) bond motifs is 1. The lowest BCUT2D eigenvalue weighted by Gasteiger charge is -2.20. The first-order valence-corrected chi connectivity index (χ1v) is 11.3.